The van der Waals surface area contributed by atoms with E-state index in [0.29, 0.717) is 25.7 Å². The van der Waals surface area contributed by atoms with Crippen LogP contribution in [0, 0.1) is 5.92 Å². The van der Waals surface area contributed by atoms with Crippen LogP contribution in [0.25, 0.3) is 6.08 Å². The number of morpholine rings is 1. The molecule has 0 bridgehead atoms. The van der Waals surface area contributed by atoms with Crippen LogP contribution in [0.3, 0.4) is 0 Å². The molecule has 22 heavy (non-hydrogen) atoms. The average molecular weight is 319 g/mol. The summed E-state index contributed by atoms with van der Waals surface area (Å²) in [6.45, 7) is 6.34. The van der Waals surface area contributed by atoms with Crippen molar-refractivity contribution in [1.29, 1.82) is 0 Å². The summed E-state index contributed by atoms with van der Waals surface area (Å²) >= 11 is 1.72. The highest BCUT2D eigenvalue weighted by atomic mass is 32.2. The molecule has 2 rings (SSSR count). The van der Waals surface area contributed by atoms with E-state index in [1.54, 1.807) is 17.8 Å². The Hall–Kier alpha value is -1.26. The first-order chi connectivity index (χ1) is 10.6. The molecule has 0 radical (unpaired) electrons. The van der Waals surface area contributed by atoms with E-state index in [-0.39, 0.29) is 11.9 Å². The van der Waals surface area contributed by atoms with Crippen LogP contribution in [0.2, 0.25) is 0 Å². The molecule has 1 heterocycles. The topological polar surface area (TPSA) is 29.5 Å². The molecular formula is C18H25NO2S. The Bertz CT molecular complexity index is 510. The molecule has 4 heteroatoms. The number of carbonyl (C=O) groups excluding carboxylic acids is 1. The Kier molecular flexibility index (Phi) is 6.52. The fraction of sp³-hybridized carbons (Fsp3) is 0.500. The van der Waals surface area contributed by atoms with E-state index in [1.807, 2.05) is 23.1 Å². The molecule has 120 valence electrons. The molecule has 1 aromatic rings. The molecule has 1 saturated heterocycles. The van der Waals surface area contributed by atoms with Gasteiger partial charge in [0.25, 0.3) is 0 Å². The summed E-state index contributed by atoms with van der Waals surface area (Å²) in [5.74, 6) is 0.646. The lowest BCUT2D eigenvalue weighted by Gasteiger charge is -2.36. The molecular weight excluding hydrogens is 294 g/mol. The Morgan fingerprint density at radius 3 is 2.77 bits per heavy atom. The summed E-state index contributed by atoms with van der Waals surface area (Å²) in [6.07, 6.45) is 6.63. The minimum atomic E-state index is 0.0860. The summed E-state index contributed by atoms with van der Waals surface area (Å²) in [6, 6.07) is 8.43. The number of hydrogen-bond donors (Lipinski definition) is 0. The molecule has 1 fully saturated rings. The number of benzene rings is 1. The predicted octanol–water partition coefficient (Wildman–Crippen LogP) is 3.70. The standard InChI is InChI=1S/C18H25NO2S/c1-14(2)12-16-13-21-11-10-19(16)18(20)9-6-15-4-7-17(22-3)8-5-15/h4-9,14,16H,10-13H2,1-3H3/b9-6+. The second-order valence-electron chi connectivity index (χ2n) is 6.00. The molecule has 1 atom stereocenters. The molecule has 1 aliphatic heterocycles. The monoisotopic (exact) mass is 319 g/mol. The van der Waals surface area contributed by atoms with Gasteiger partial charge in [-0.3, -0.25) is 4.79 Å². The first kappa shape index (κ1) is 17.1. The van der Waals surface area contributed by atoms with Gasteiger partial charge in [-0.1, -0.05) is 26.0 Å². The quantitative estimate of drug-likeness (QED) is 0.612. The largest absolute Gasteiger partial charge is 0.377 e. The predicted molar refractivity (Wildman–Crippen MR) is 93.0 cm³/mol. The van der Waals surface area contributed by atoms with Gasteiger partial charge in [0.1, 0.15) is 0 Å². The van der Waals surface area contributed by atoms with Crippen molar-refractivity contribution in [3.05, 3.63) is 35.9 Å². The van der Waals surface area contributed by atoms with Gasteiger partial charge in [0, 0.05) is 17.5 Å². The van der Waals surface area contributed by atoms with E-state index >= 15 is 0 Å². The third-order valence-electron chi connectivity index (χ3n) is 3.79. The maximum Gasteiger partial charge on any atom is 0.246 e. The van der Waals surface area contributed by atoms with Gasteiger partial charge < -0.3 is 9.64 Å². The zero-order valence-electron chi connectivity index (χ0n) is 13.6. The lowest BCUT2D eigenvalue weighted by molar-refractivity contribution is -0.135. The van der Waals surface area contributed by atoms with Crippen molar-refractivity contribution in [3.63, 3.8) is 0 Å². The fourth-order valence-corrected chi connectivity index (χ4v) is 3.07. The van der Waals surface area contributed by atoms with Crippen LogP contribution in [0.15, 0.2) is 35.2 Å². The highest BCUT2D eigenvalue weighted by Gasteiger charge is 2.26. The second kappa shape index (κ2) is 8.39. The third-order valence-corrected chi connectivity index (χ3v) is 4.53. The summed E-state index contributed by atoms with van der Waals surface area (Å²) in [5, 5.41) is 0. The molecule has 0 saturated carbocycles. The van der Waals surface area contributed by atoms with Crippen molar-refractivity contribution >= 4 is 23.7 Å². The van der Waals surface area contributed by atoms with Crippen molar-refractivity contribution < 1.29 is 9.53 Å². The molecule has 0 aliphatic carbocycles. The zero-order chi connectivity index (χ0) is 15.9. The molecule has 0 spiro atoms. The maximum atomic E-state index is 12.5. The number of hydrogen-bond acceptors (Lipinski definition) is 3. The van der Waals surface area contributed by atoms with Gasteiger partial charge in [0.05, 0.1) is 19.3 Å². The highest BCUT2D eigenvalue weighted by molar-refractivity contribution is 7.98. The van der Waals surface area contributed by atoms with Crippen molar-refractivity contribution in [2.45, 2.75) is 31.2 Å². The van der Waals surface area contributed by atoms with Crippen LogP contribution in [0.4, 0.5) is 0 Å². The van der Waals surface area contributed by atoms with Crippen LogP contribution >= 0.6 is 11.8 Å². The number of rotatable bonds is 5. The van der Waals surface area contributed by atoms with Crippen molar-refractivity contribution in [2.75, 3.05) is 26.0 Å². The summed E-state index contributed by atoms with van der Waals surface area (Å²) in [5.41, 5.74) is 1.06. The summed E-state index contributed by atoms with van der Waals surface area (Å²) < 4.78 is 5.53. The van der Waals surface area contributed by atoms with Gasteiger partial charge in [-0.25, -0.2) is 0 Å². The first-order valence-electron chi connectivity index (χ1n) is 7.80. The molecule has 0 N–H and O–H groups in total. The number of ether oxygens (including phenoxy) is 1. The number of thioether (sulfide) groups is 1. The van der Waals surface area contributed by atoms with E-state index in [9.17, 15) is 4.79 Å². The SMILES string of the molecule is CSc1ccc(/C=C/C(=O)N2CCOCC2CC(C)C)cc1. The van der Waals surface area contributed by atoms with Crippen LogP contribution in [0.5, 0.6) is 0 Å². The molecule has 1 aliphatic rings. The second-order valence-corrected chi connectivity index (χ2v) is 6.88. The van der Waals surface area contributed by atoms with Gasteiger partial charge in [0.2, 0.25) is 5.91 Å². The summed E-state index contributed by atoms with van der Waals surface area (Å²) in [4.78, 5) is 15.7. The van der Waals surface area contributed by atoms with Gasteiger partial charge in [-0.05, 0) is 42.4 Å². The van der Waals surface area contributed by atoms with Crippen molar-refractivity contribution in [2.24, 2.45) is 5.92 Å². The van der Waals surface area contributed by atoms with E-state index in [0.717, 1.165) is 12.0 Å². The average Bonchev–Trinajstić information content (AvgIpc) is 2.53. The van der Waals surface area contributed by atoms with Gasteiger partial charge in [-0.2, -0.15) is 0 Å². The lowest BCUT2D eigenvalue weighted by Crippen LogP contribution is -2.48. The van der Waals surface area contributed by atoms with Crippen molar-refractivity contribution in [1.82, 2.24) is 4.90 Å². The van der Waals surface area contributed by atoms with E-state index in [4.69, 9.17) is 4.74 Å². The molecule has 3 nitrogen and oxygen atoms in total. The van der Waals surface area contributed by atoms with E-state index < -0.39 is 0 Å². The number of amides is 1. The maximum absolute atomic E-state index is 12.5. The normalized spacial score (nSPS) is 19.1. The van der Waals surface area contributed by atoms with Gasteiger partial charge >= 0.3 is 0 Å². The minimum absolute atomic E-state index is 0.0860. The Labute approximate surface area is 137 Å². The van der Waals surface area contributed by atoms with Gasteiger partial charge in [-0.15, -0.1) is 11.8 Å². The van der Waals surface area contributed by atoms with Crippen LogP contribution in [-0.4, -0.2) is 42.9 Å². The number of carbonyl (C=O) groups is 1. The van der Waals surface area contributed by atoms with Crippen molar-refractivity contribution in [3.8, 4) is 0 Å². The fourth-order valence-electron chi connectivity index (χ4n) is 2.66. The Morgan fingerprint density at radius 2 is 2.14 bits per heavy atom. The smallest absolute Gasteiger partial charge is 0.246 e. The van der Waals surface area contributed by atoms with Crippen LogP contribution in [-0.2, 0) is 9.53 Å². The lowest BCUT2D eigenvalue weighted by atomic mass is 10.0. The minimum Gasteiger partial charge on any atom is -0.377 e. The third kappa shape index (κ3) is 4.89. The van der Waals surface area contributed by atoms with Crippen LogP contribution in [0.1, 0.15) is 25.8 Å². The molecule has 1 amide bonds. The van der Waals surface area contributed by atoms with E-state index in [1.165, 1.54) is 4.90 Å². The molecule has 1 aromatic carbocycles. The highest BCUT2D eigenvalue weighted by Crippen LogP contribution is 2.18. The Balaban J connectivity index is 2.00. The summed E-state index contributed by atoms with van der Waals surface area (Å²) in [7, 11) is 0. The van der Waals surface area contributed by atoms with Gasteiger partial charge in [0.15, 0.2) is 0 Å². The van der Waals surface area contributed by atoms with Crippen LogP contribution < -0.4 is 0 Å². The zero-order valence-corrected chi connectivity index (χ0v) is 14.4. The Morgan fingerprint density at radius 1 is 1.41 bits per heavy atom. The molecule has 1 unspecified atom stereocenters. The first-order valence-corrected chi connectivity index (χ1v) is 9.03. The molecule has 0 aromatic heterocycles. The van der Waals surface area contributed by atoms with E-state index in [2.05, 4.69) is 32.2 Å². The number of nitrogens with zero attached hydrogens (tertiary/aromatic N) is 1.